The molecule has 2 aromatic carbocycles. The molecular weight excluding hydrogens is 337 g/mol. The zero-order valence-corrected chi connectivity index (χ0v) is 13.5. The average molecular weight is 354 g/mol. The third kappa shape index (κ3) is 3.95. The monoisotopic (exact) mass is 353 g/mol. The number of hydrogen-bond donors (Lipinski definition) is 1. The van der Waals surface area contributed by atoms with Crippen molar-refractivity contribution in [3.63, 3.8) is 0 Å². The lowest BCUT2D eigenvalue weighted by molar-refractivity contribution is 0.388. The SMILES string of the molecule is COc1ccc(C(N)Cc2cc(F)cc(Br)c2)c(OC)c1. The molecule has 1 atom stereocenters. The zero-order chi connectivity index (χ0) is 15.4. The highest BCUT2D eigenvalue weighted by atomic mass is 79.9. The highest BCUT2D eigenvalue weighted by Crippen LogP contribution is 2.30. The van der Waals surface area contributed by atoms with E-state index in [2.05, 4.69) is 15.9 Å². The summed E-state index contributed by atoms with van der Waals surface area (Å²) in [6.45, 7) is 0. The summed E-state index contributed by atoms with van der Waals surface area (Å²) in [5.41, 5.74) is 7.92. The van der Waals surface area contributed by atoms with Crippen molar-refractivity contribution in [3.05, 3.63) is 57.8 Å². The molecule has 0 radical (unpaired) electrons. The van der Waals surface area contributed by atoms with Crippen LogP contribution in [0.4, 0.5) is 4.39 Å². The van der Waals surface area contributed by atoms with Crippen LogP contribution in [0.3, 0.4) is 0 Å². The van der Waals surface area contributed by atoms with Gasteiger partial charge in [-0.3, -0.25) is 0 Å². The van der Waals surface area contributed by atoms with Crippen molar-refractivity contribution in [3.8, 4) is 11.5 Å². The Hall–Kier alpha value is -1.59. The lowest BCUT2D eigenvalue weighted by atomic mass is 9.98. The third-order valence-electron chi connectivity index (χ3n) is 3.22. The standard InChI is InChI=1S/C16H17BrFNO2/c1-20-13-3-4-14(16(9-13)21-2)15(19)7-10-5-11(17)8-12(18)6-10/h3-6,8-9,15H,7,19H2,1-2H3. The highest BCUT2D eigenvalue weighted by Gasteiger charge is 2.14. The van der Waals surface area contributed by atoms with Gasteiger partial charge in [-0.15, -0.1) is 0 Å². The van der Waals surface area contributed by atoms with Crippen LogP contribution in [0.5, 0.6) is 11.5 Å². The number of benzene rings is 2. The van der Waals surface area contributed by atoms with Crippen molar-refractivity contribution < 1.29 is 13.9 Å². The van der Waals surface area contributed by atoms with Gasteiger partial charge in [0.2, 0.25) is 0 Å². The van der Waals surface area contributed by atoms with Gasteiger partial charge >= 0.3 is 0 Å². The summed E-state index contributed by atoms with van der Waals surface area (Å²) in [7, 11) is 3.18. The van der Waals surface area contributed by atoms with Crippen molar-refractivity contribution in [1.29, 1.82) is 0 Å². The predicted octanol–water partition coefficient (Wildman–Crippen LogP) is 3.85. The number of hydrogen-bond acceptors (Lipinski definition) is 3. The zero-order valence-electron chi connectivity index (χ0n) is 11.9. The van der Waals surface area contributed by atoms with Gasteiger partial charge in [0, 0.05) is 22.1 Å². The van der Waals surface area contributed by atoms with E-state index in [1.807, 2.05) is 18.2 Å². The first-order chi connectivity index (χ1) is 10.0. The van der Waals surface area contributed by atoms with Gasteiger partial charge in [0.05, 0.1) is 14.2 Å². The van der Waals surface area contributed by atoms with Crippen LogP contribution >= 0.6 is 15.9 Å². The number of methoxy groups -OCH3 is 2. The van der Waals surface area contributed by atoms with Gasteiger partial charge in [-0.1, -0.05) is 22.0 Å². The molecular formula is C16H17BrFNO2. The summed E-state index contributed by atoms with van der Waals surface area (Å²) in [5, 5.41) is 0. The molecule has 0 bridgehead atoms. The molecule has 112 valence electrons. The van der Waals surface area contributed by atoms with Gasteiger partial charge < -0.3 is 15.2 Å². The second-order valence-corrected chi connectivity index (χ2v) is 5.61. The van der Waals surface area contributed by atoms with E-state index in [4.69, 9.17) is 15.2 Å². The lowest BCUT2D eigenvalue weighted by Crippen LogP contribution is -2.14. The summed E-state index contributed by atoms with van der Waals surface area (Å²) in [6.07, 6.45) is 0.513. The Morgan fingerprint density at radius 3 is 2.52 bits per heavy atom. The number of ether oxygens (including phenoxy) is 2. The molecule has 5 heteroatoms. The molecule has 0 spiro atoms. The number of rotatable bonds is 5. The second kappa shape index (κ2) is 6.91. The molecule has 0 aliphatic heterocycles. The minimum atomic E-state index is -0.292. The topological polar surface area (TPSA) is 44.5 Å². The maximum atomic E-state index is 13.4. The van der Waals surface area contributed by atoms with Gasteiger partial charge in [-0.25, -0.2) is 4.39 Å². The second-order valence-electron chi connectivity index (χ2n) is 4.70. The van der Waals surface area contributed by atoms with Crippen LogP contribution in [-0.2, 0) is 6.42 Å². The summed E-state index contributed by atoms with van der Waals surface area (Å²) < 4.78 is 24.6. The van der Waals surface area contributed by atoms with Gasteiger partial charge in [0.25, 0.3) is 0 Å². The summed E-state index contributed by atoms with van der Waals surface area (Å²) in [4.78, 5) is 0. The first-order valence-electron chi connectivity index (χ1n) is 6.46. The van der Waals surface area contributed by atoms with Crippen LogP contribution in [0.25, 0.3) is 0 Å². The molecule has 0 aliphatic carbocycles. The minimum Gasteiger partial charge on any atom is -0.497 e. The number of halogens is 2. The van der Waals surface area contributed by atoms with Crippen molar-refractivity contribution in [2.75, 3.05) is 14.2 Å². The molecule has 0 aliphatic rings. The first kappa shape index (κ1) is 15.8. The van der Waals surface area contributed by atoms with Crippen LogP contribution < -0.4 is 15.2 Å². The predicted molar refractivity (Wildman–Crippen MR) is 84.3 cm³/mol. The van der Waals surface area contributed by atoms with Crippen LogP contribution in [0.2, 0.25) is 0 Å². The smallest absolute Gasteiger partial charge is 0.127 e. The summed E-state index contributed by atoms with van der Waals surface area (Å²) in [5.74, 6) is 1.09. The van der Waals surface area contributed by atoms with Crippen molar-refractivity contribution in [2.24, 2.45) is 5.73 Å². The Morgan fingerprint density at radius 1 is 1.14 bits per heavy atom. The highest BCUT2D eigenvalue weighted by molar-refractivity contribution is 9.10. The van der Waals surface area contributed by atoms with E-state index in [-0.39, 0.29) is 11.9 Å². The fourth-order valence-corrected chi connectivity index (χ4v) is 2.73. The van der Waals surface area contributed by atoms with Gasteiger partial charge in [0.15, 0.2) is 0 Å². The third-order valence-corrected chi connectivity index (χ3v) is 3.68. The Kier molecular flexibility index (Phi) is 5.20. The Balaban J connectivity index is 2.25. The Bertz CT molecular complexity index is 613. The Morgan fingerprint density at radius 2 is 1.90 bits per heavy atom. The maximum Gasteiger partial charge on any atom is 0.127 e. The number of nitrogens with two attached hydrogens (primary N) is 1. The largest absolute Gasteiger partial charge is 0.497 e. The molecule has 0 saturated heterocycles. The molecule has 0 saturated carbocycles. The van der Waals surface area contributed by atoms with E-state index in [1.54, 1.807) is 20.3 Å². The fourth-order valence-electron chi connectivity index (χ4n) is 2.22. The first-order valence-corrected chi connectivity index (χ1v) is 7.25. The van der Waals surface area contributed by atoms with Crippen molar-refractivity contribution >= 4 is 15.9 Å². The van der Waals surface area contributed by atoms with E-state index < -0.39 is 0 Å². The summed E-state index contributed by atoms with van der Waals surface area (Å²) in [6, 6.07) is 9.97. The molecule has 0 fully saturated rings. The fraction of sp³-hybridized carbons (Fsp3) is 0.250. The van der Waals surface area contributed by atoms with Crippen LogP contribution in [0.15, 0.2) is 40.9 Å². The van der Waals surface area contributed by atoms with Crippen molar-refractivity contribution in [1.82, 2.24) is 0 Å². The van der Waals surface area contributed by atoms with E-state index in [9.17, 15) is 4.39 Å². The molecule has 0 heterocycles. The van der Waals surface area contributed by atoms with Gasteiger partial charge in [-0.05, 0) is 36.2 Å². The molecule has 21 heavy (non-hydrogen) atoms. The minimum absolute atomic E-state index is 0.284. The lowest BCUT2D eigenvalue weighted by Gasteiger charge is -2.17. The van der Waals surface area contributed by atoms with Crippen LogP contribution in [0, 0.1) is 5.82 Å². The summed E-state index contributed by atoms with van der Waals surface area (Å²) >= 11 is 3.28. The van der Waals surface area contributed by atoms with E-state index in [0.29, 0.717) is 22.4 Å². The van der Waals surface area contributed by atoms with Gasteiger partial charge in [0.1, 0.15) is 17.3 Å². The van der Waals surface area contributed by atoms with E-state index in [0.717, 1.165) is 11.1 Å². The molecule has 2 rings (SSSR count). The molecule has 3 nitrogen and oxygen atoms in total. The van der Waals surface area contributed by atoms with Crippen molar-refractivity contribution in [2.45, 2.75) is 12.5 Å². The molecule has 1 unspecified atom stereocenters. The maximum absolute atomic E-state index is 13.4. The normalized spacial score (nSPS) is 12.0. The Labute approximate surface area is 132 Å². The molecule has 0 amide bonds. The molecule has 0 aromatic heterocycles. The van der Waals surface area contributed by atoms with E-state index in [1.165, 1.54) is 12.1 Å². The van der Waals surface area contributed by atoms with Crippen LogP contribution in [-0.4, -0.2) is 14.2 Å². The van der Waals surface area contributed by atoms with E-state index >= 15 is 0 Å². The molecule has 2 aromatic rings. The van der Waals surface area contributed by atoms with Gasteiger partial charge in [-0.2, -0.15) is 0 Å². The van der Waals surface area contributed by atoms with Crippen LogP contribution in [0.1, 0.15) is 17.2 Å². The average Bonchev–Trinajstić information content (AvgIpc) is 2.45. The quantitative estimate of drug-likeness (QED) is 0.887. The molecule has 2 N–H and O–H groups in total.